The van der Waals surface area contributed by atoms with Crippen molar-refractivity contribution >= 4 is 29.2 Å². The Bertz CT molecular complexity index is 576. The zero-order valence-corrected chi connectivity index (χ0v) is 14.1. The van der Waals surface area contributed by atoms with E-state index in [4.69, 9.17) is 0 Å². The average Bonchev–Trinajstić information content (AvgIpc) is 2.47. The van der Waals surface area contributed by atoms with Crippen LogP contribution in [-0.2, 0) is 9.59 Å². The highest BCUT2D eigenvalue weighted by Crippen LogP contribution is 2.15. The molecule has 0 bridgehead atoms. The number of benzene rings is 1. The lowest BCUT2D eigenvalue weighted by atomic mass is 9.95. The van der Waals surface area contributed by atoms with E-state index in [1.807, 2.05) is 0 Å². The van der Waals surface area contributed by atoms with E-state index in [1.54, 1.807) is 52.0 Å². The van der Waals surface area contributed by atoms with Crippen LogP contribution >= 0.6 is 0 Å². The minimum Gasteiger partial charge on any atom is -0.344 e. The molecule has 0 fully saturated rings. The summed E-state index contributed by atoms with van der Waals surface area (Å²) in [6.07, 6.45) is 0. The predicted molar refractivity (Wildman–Crippen MR) is 90.2 cm³/mol. The third kappa shape index (κ3) is 5.98. The summed E-state index contributed by atoms with van der Waals surface area (Å²) in [5.74, 6) is -0.500. The minimum atomic E-state index is -0.648. The highest BCUT2D eigenvalue weighted by atomic mass is 16.2. The van der Waals surface area contributed by atoms with Crippen LogP contribution < -0.4 is 21.3 Å². The van der Waals surface area contributed by atoms with Gasteiger partial charge in [-0.25, -0.2) is 4.79 Å². The Morgan fingerprint density at radius 3 is 1.87 bits per heavy atom. The zero-order valence-electron chi connectivity index (χ0n) is 14.1. The standard InChI is InChI=1S/C16H24N4O3/c1-10(18-14(22)16(2,3)4)13(21)19-11-6-8-12(9-7-11)20-15(23)17-5/h6-10H,1-5H3,(H,18,22)(H,19,21)(H2,17,20,23). The van der Waals surface area contributed by atoms with Crippen molar-refractivity contribution in [3.63, 3.8) is 0 Å². The van der Waals surface area contributed by atoms with Crippen LogP contribution in [0.2, 0.25) is 0 Å². The van der Waals surface area contributed by atoms with Crippen molar-refractivity contribution < 1.29 is 14.4 Å². The molecule has 1 aromatic rings. The van der Waals surface area contributed by atoms with Gasteiger partial charge >= 0.3 is 6.03 Å². The monoisotopic (exact) mass is 320 g/mol. The topological polar surface area (TPSA) is 99.3 Å². The van der Waals surface area contributed by atoms with Crippen molar-refractivity contribution in [3.8, 4) is 0 Å². The van der Waals surface area contributed by atoms with Crippen LogP contribution in [0.5, 0.6) is 0 Å². The van der Waals surface area contributed by atoms with Crippen LogP contribution in [-0.4, -0.2) is 30.9 Å². The fraction of sp³-hybridized carbons (Fsp3) is 0.438. The van der Waals surface area contributed by atoms with Crippen LogP contribution in [0.3, 0.4) is 0 Å². The fourth-order valence-corrected chi connectivity index (χ4v) is 1.56. The molecule has 0 aliphatic heterocycles. The Balaban J connectivity index is 2.60. The number of hydrogen-bond acceptors (Lipinski definition) is 3. The Labute approximate surface area is 136 Å². The van der Waals surface area contributed by atoms with Crippen molar-refractivity contribution in [1.82, 2.24) is 10.6 Å². The van der Waals surface area contributed by atoms with E-state index in [0.29, 0.717) is 11.4 Å². The first-order chi connectivity index (χ1) is 10.6. The zero-order chi connectivity index (χ0) is 17.6. The Kier molecular flexibility index (Phi) is 6.12. The molecule has 1 atom stereocenters. The number of hydrogen-bond donors (Lipinski definition) is 4. The third-order valence-electron chi connectivity index (χ3n) is 3.06. The summed E-state index contributed by atoms with van der Waals surface area (Å²) in [5.41, 5.74) is 0.632. The molecule has 126 valence electrons. The van der Waals surface area contributed by atoms with Crippen molar-refractivity contribution in [2.24, 2.45) is 5.41 Å². The van der Waals surface area contributed by atoms with E-state index in [0.717, 1.165) is 0 Å². The molecule has 0 saturated heterocycles. The van der Waals surface area contributed by atoms with Crippen LogP contribution in [0.25, 0.3) is 0 Å². The van der Waals surface area contributed by atoms with Crippen molar-refractivity contribution in [2.75, 3.05) is 17.7 Å². The number of anilines is 2. The van der Waals surface area contributed by atoms with Gasteiger partial charge in [-0.15, -0.1) is 0 Å². The molecule has 0 radical (unpaired) electrons. The highest BCUT2D eigenvalue weighted by molar-refractivity contribution is 5.97. The summed E-state index contributed by atoms with van der Waals surface area (Å²) < 4.78 is 0. The van der Waals surface area contributed by atoms with Gasteiger partial charge in [-0.2, -0.15) is 0 Å². The first kappa shape index (κ1) is 18.5. The molecule has 0 saturated carbocycles. The molecule has 0 aliphatic rings. The second-order valence-electron chi connectivity index (χ2n) is 6.22. The molecule has 7 nitrogen and oxygen atoms in total. The molecule has 23 heavy (non-hydrogen) atoms. The molecule has 4 N–H and O–H groups in total. The van der Waals surface area contributed by atoms with Gasteiger partial charge in [-0.3, -0.25) is 9.59 Å². The molecule has 0 spiro atoms. The summed E-state index contributed by atoms with van der Waals surface area (Å²) in [6, 6.07) is 5.71. The second-order valence-corrected chi connectivity index (χ2v) is 6.22. The molecular weight excluding hydrogens is 296 g/mol. The molecule has 0 aliphatic carbocycles. The molecule has 1 unspecified atom stereocenters. The lowest BCUT2D eigenvalue weighted by molar-refractivity contribution is -0.131. The summed E-state index contributed by atoms with van der Waals surface area (Å²) in [7, 11) is 1.52. The third-order valence-corrected chi connectivity index (χ3v) is 3.06. The van der Waals surface area contributed by atoms with Gasteiger partial charge in [0.05, 0.1) is 0 Å². The van der Waals surface area contributed by atoms with Gasteiger partial charge in [0.15, 0.2) is 0 Å². The van der Waals surface area contributed by atoms with Gasteiger partial charge in [0.2, 0.25) is 11.8 Å². The molecule has 7 heteroatoms. The number of rotatable bonds is 4. The van der Waals surface area contributed by atoms with E-state index in [1.165, 1.54) is 7.05 Å². The van der Waals surface area contributed by atoms with Gasteiger partial charge in [0, 0.05) is 23.8 Å². The van der Waals surface area contributed by atoms with Crippen molar-refractivity contribution in [3.05, 3.63) is 24.3 Å². The molecule has 0 heterocycles. The smallest absolute Gasteiger partial charge is 0.318 e. The molecule has 1 rings (SSSR count). The number of urea groups is 1. The lowest BCUT2D eigenvalue weighted by Crippen LogP contribution is -2.46. The predicted octanol–water partition coefficient (Wildman–Crippen LogP) is 1.93. The van der Waals surface area contributed by atoms with E-state index in [9.17, 15) is 14.4 Å². The Hall–Kier alpha value is -2.57. The maximum absolute atomic E-state index is 12.1. The number of carbonyl (C=O) groups excluding carboxylic acids is 3. The second kappa shape index (κ2) is 7.62. The summed E-state index contributed by atoms with van der Waals surface area (Å²) in [4.78, 5) is 35.1. The van der Waals surface area contributed by atoms with Crippen molar-refractivity contribution in [2.45, 2.75) is 33.7 Å². The number of nitrogens with one attached hydrogen (secondary N) is 4. The van der Waals surface area contributed by atoms with Gasteiger partial charge in [-0.1, -0.05) is 20.8 Å². The van der Waals surface area contributed by atoms with Crippen molar-refractivity contribution in [1.29, 1.82) is 0 Å². The first-order valence-corrected chi connectivity index (χ1v) is 7.34. The van der Waals surface area contributed by atoms with Crippen LogP contribution in [0.1, 0.15) is 27.7 Å². The molecular formula is C16H24N4O3. The minimum absolute atomic E-state index is 0.190. The summed E-state index contributed by atoms with van der Waals surface area (Å²) in [5, 5.41) is 10.4. The summed E-state index contributed by atoms with van der Waals surface area (Å²) in [6.45, 7) is 6.97. The van der Waals surface area contributed by atoms with E-state index < -0.39 is 11.5 Å². The Morgan fingerprint density at radius 2 is 1.43 bits per heavy atom. The molecule has 4 amide bonds. The molecule has 0 aromatic heterocycles. The van der Waals surface area contributed by atoms with Crippen LogP contribution in [0, 0.1) is 5.41 Å². The maximum atomic E-state index is 12.1. The SMILES string of the molecule is CNC(=O)Nc1ccc(NC(=O)C(C)NC(=O)C(C)(C)C)cc1. The van der Waals surface area contributed by atoms with Crippen LogP contribution in [0.4, 0.5) is 16.2 Å². The quantitative estimate of drug-likeness (QED) is 0.682. The summed E-state index contributed by atoms with van der Waals surface area (Å²) >= 11 is 0. The lowest BCUT2D eigenvalue weighted by Gasteiger charge is -2.21. The van der Waals surface area contributed by atoms with Gasteiger partial charge in [0.1, 0.15) is 6.04 Å². The fourth-order valence-electron chi connectivity index (χ4n) is 1.56. The van der Waals surface area contributed by atoms with Gasteiger partial charge in [0.25, 0.3) is 0 Å². The normalized spacial score (nSPS) is 12.0. The molecule has 1 aromatic carbocycles. The van der Waals surface area contributed by atoms with Crippen LogP contribution in [0.15, 0.2) is 24.3 Å². The van der Waals surface area contributed by atoms with E-state index in [-0.39, 0.29) is 17.8 Å². The maximum Gasteiger partial charge on any atom is 0.318 e. The highest BCUT2D eigenvalue weighted by Gasteiger charge is 2.25. The number of carbonyl (C=O) groups is 3. The van der Waals surface area contributed by atoms with E-state index in [2.05, 4.69) is 21.3 Å². The largest absolute Gasteiger partial charge is 0.344 e. The average molecular weight is 320 g/mol. The first-order valence-electron chi connectivity index (χ1n) is 7.34. The van der Waals surface area contributed by atoms with Gasteiger partial charge in [-0.05, 0) is 31.2 Å². The Morgan fingerprint density at radius 1 is 0.957 bits per heavy atom. The van der Waals surface area contributed by atoms with E-state index >= 15 is 0 Å². The number of amides is 4. The van der Waals surface area contributed by atoms with Gasteiger partial charge < -0.3 is 21.3 Å².